The number of esters is 1. The molecule has 0 spiro atoms. The standard InChI is InChI=1S/C31H33BrClF6N7O2/c1-3-23-12-24(17-45(23)26-25(33)15-42-29(43-26)44-7-5-19(6-8-44)27(47)48-4-2)46(28-40-13-22(32)14-41-28)16-18-9-20(30(34,35)36)11-21(10-18)31(37,38)39/h9-11,13-15,19,23-24H,3-8,12,16-17H2,1-2H3. The summed E-state index contributed by atoms with van der Waals surface area (Å²) >= 11 is 9.92. The predicted octanol–water partition coefficient (Wildman–Crippen LogP) is 7.56. The molecule has 17 heteroatoms. The number of ether oxygens (including phenoxy) is 1. The molecule has 2 fully saturated rings. The highest BCUT2D eigenvalue weighted by Gasteiger charge is 2.40. The summed E-state index contributed by atoms with van der Waals surface area (Å²) in [5.41, 5.74) is -2.98. The average molecular weight is 765 g/mol. The van der Waals surface area contributed by atoms with Crippen LogP contribution in [-0.2, 0) is 28.4 Å². The van der Waals surface area contributed by atoms with Crippen LogP contribution in [0.4, 0.5) is 44.1 Å². The number of nitrogens with zero attached hydrogens (tertiary/aromatic N) is 7. The zero-order chi connectivity index (χ0) is 34.8. The molecule has 2 aliphatic rings. The summed E-state index contributed by atoms with van der Waals surface area (Å²) in [5, 5.41) is 0.290. The van der Waals surface area contributed by atoms with Crippen molar-refractivity contribution in [2.75, 3.05) is 40.9 Å². The zero-order valence-corrected chi connectivity index (χ0v) is 28.4. The van der Waals surface area contributed by atoms with Gasteiger partial charge in [-0.3, -0.25) is 4.79 Å². The van der Waals surface area contributed by atoms with Crippen molar-refractivity contribution >= 4 is 51.2 Å². The van der Waals surface area contributed by atoms with Crippen LogP contribution in [0.3, 0.4) is 0 Å². The van der Waals surface area contributed by atoms with Crippen molar-refractivity contribution < 1.29 is 35.9 Å². The second-order valence-electron chi connectivity index (χ2n) is 11.7. The van der Waals surface area contributed by atoms with Crippen LogP contribution in [0.1, 0.15) is 56.2 Å². The Morgan fingerprint density at radius 1 is 1.00 bits per heavy atom. The van der Waals surface area contributed by atoms with E-state index in [-0.39, 0.29) is 48.6 Å². The van der Waals surface area contributed by atoms with Gasteiger partial charge in [0.2, 0.25) is 11.9 Å². The Kier molecular flexibility index (Phi) is 10.9. The molecule has 2 aliphatic heterocycles. The van der Waals surface area contributed by atoms with Gasteiger partial charge in [-0.05, 0) is 72.3 Å². The molecule has 1 aromatic carbocycles. The van der Waals surface area contributed by atoms with Gasteiger partial charge in [-0.1, -0.05) is 18.5 Å². The van der Waals surface area contributed by atoms with E-state index in [0.29, 0.717) is 66.6 Å². The largest absolute Gasteiger partial charge is 0.466 e. The lowest BCUT2D eigenvalue weighted by Gasteiger charge is -2.32. The number of alkyl halides is 6. The first-order valence-corrected chi connectivity index (χ1v) is 16.6. The Balaban J connectivity index is 1.44. The number of piperidine rings is 1. The summed E-state index contributed by atoms with van der Waals surface area (Å²) in [5.74, 6) is 0.616. The van der Waals surface area contributed by atoms with E-state index in [4.69, 9.17) is 21.3 Å². The van der Waals surface area contributed by atoms with Crippen molar-refractivity contribution in [3.05, 3.63) is 63.0 Å². The van der Waals surface area contributed by atoms with E-state index in [1.165, 1.54) is 18.6 Å². The highest BCUT2D eigenvalue weighted by molar-refractivity contribution is 9.10. The topological polar surface area (TPSA) is 87.6 Å². The lowest BCUT2D eigenvalue weighted by molar-refractivity contribution is -0.148. The van der Waals surface area contributed by atoms with Gasteiger partial charge < -0.3 is 19.4 Å². The second kappa shape index (κ2) is 14.6. The molecule has 48 heavy (non-hydrogen) atoms. The van der Waals surface area contributed by atoms with E-state index in [1.807, 2.05) is 16.7 Å². The molecule has 4 heterocycles. The fourth-order valence-corrected chi connectivity index (χ4v) is 6.57. The minimum absolute atomic E-state index is 0.114. The van der Waals surface area contributed by atoms with Crippen molar-refractivity contribution in [3.63, 3.8) is 0 Å². The summed E-state index contributed by atoms with van der Waals surface area (Å²) < 4.78 is 87.9. The normalized spacial score (nSPS) is 19.1. The number of hydrogen-bond acceptors (Lipinski definition) is 9. The van der Waals surface area contributed by atoms with Gasteiger partial charge >= 0.3 is 18.3 Å². The molecule has 2 unspecified atom stereocenters. The van der Waals surface area contributed by atoms with Gasteiger partial charge in [0, 0.05) is 44.6 Å². The molecule has 3 aromatic rings. The van der Waals surface area contributed by atoms with Crippen molar-refractivity contribution in [1.29, 1.82) is 0 Å². The Labute approximate surface area is 286 Å². The first-order chi connectivity index (χ1) is 22.7. The highest BCUT2D eigenvalue weighted by atomic mass is 79.9. The van der Waals surface area contributed by atoms with E-state index in [0.717, 1.165) is 12.1 Å². The Morgan fingerprint density at radius 2 is 1.62 bits per heavy atom. The molecular weight excluding hydrogens is 732 g/mol. The quantitative estimate of drug-likeness (QED) is 0.162. The summed E-state index contributed by atoms with van der Waals surface area (Å²) in [6.45, 7) is 5.09. The van der Waals surface area contributed by atoms with Crippen LogP contribution in [0.15, 0.2) is 41.3 Å². The third-order valence-corrected chi connectivity index (χ3v) is 9.23. The lowest BCUT2D eigenvalue weighted by Crippen LogP contribution is -2.39. The summed E-state index contributed by atoms with van der Waals surface area (Å²) in [6, 6.07) is 1.00. The third kappa shape index (κ3) is 8.24. The number of aromatic nitrogens is 4. The molecule has 2 saturated heterocycles. The molecule has 2 aromatic heterocycles. The number of anilines is 3. The molecule has 0 radical (unpaired) electrons. The zero-order valence-electron chi connectivity index (χ0n) is 26.0. The maximum Gasteiger partial charge on any atom is 0.416 e. The van der Waals surface area contributed by atoms with Crippen molar-refractivity contribution in [2.24, 2.45) is 5.92 Å². The highest BCUT2D eigenvalue weighted by Crippen LogP contribution is 2.39. The van der Waals surface area contributed by atoms with Gasteiger partial charge in [0.1, 0.15) is 5.02 Å². The van der Waals surface area contributed by atoms with E-state index in [1.54, 1.807) is 11.8 Å². The number of halogens is 8. The molecule has 2 atom stereocenters. The van der Waals surface area contributed by atoms with Gasteiger partial charge in [-0.2, -0.15) is 31.3 Å². The average Bonchev–Trinajstić information content (AvgIpc) is 3.47. The number of rotatable bonds is 9. The van der Waals surface area contributed by atoms with Crippen LogP contribution < -0.4 is 14.7 Å². The third-order valence-electron chi connectivity index (χ3n) is 8.55. The monoisotopic (exact) mass is 763 g/mol. The van der Waals surface area contributed by atoms with Crippen molar-refractivity contribution in [2.45, 2.75) is 70.5 Å². The van der Waals surface area contributed by atoms with Crippen LogP contribution in [0.25, 0.3) is 0 Å². The van der Waals surface area contributed by atoms with Gasteiger partial charge in [0.15, 0.2) is 5.82 Å². The van der Waals surface area contributed by atoms with Crippen LogP contribution in [0, 0.1) is 5.92 Å². The fourth-order valence-electron chi connectivity index (χ4n) is 6.17. The molecule has 9 nitrogen and oxygen atoms in total. The summed E-state index contributed by atoms with van der Waals surface area (Å²) in [7, 11) is 0. The van der Waals surface area contributed by atoms with Crippen LogP contribution in [0.2, 0.25) is 5.02 Å². The van der Waals surface area contributed by atoms with Gasteiger partial charge in [0.05, 0.1) is 40.4 Å². The van der Waals surface area contributed by atoms with Crippen molar-refractivity contribution in [3.8, 4) is 0 Å². The van der Waals surface area contributed by atoms with Crippen LogP contribution >= 0.6 is 27.5 Å². The smallest absolute Gasteiger partial charge is 0.416 e. The molecule has 260 valence electrons. The minimum Gasteiger partial charge on any atom is -0.466 e. The Hall–Kier alpha value is -3.40. The van der Waals surface area contributed by atoms with E-state index in [9.17, 15) is 31.1 Å². The number of carbonyl (C=O) groups excluding carboxylic acids is 1. The van der Waals surface area contributed by atoms with Crippen LogP contribution in [-0.4, -0.2) is 64.2 Å². The molecule has 0 amide bonds. The maximum absolute atomic E-state index is 13.7. The predicted molar refractivity (Wildman–Crippen MR) is 171 cm³/mol. The number of benzene rings is 1. The molecule has 0 N–H and O–H groups in total. The second-order valence-corrected chi connectivity index (χ2v) is 13.0. The first kappa shape index (κ1) is 35.9. The number of carbonyl (C=O) groups is 1. The molecule has 0 aliphatic carbocycles. The molecule has 5 rings (SSSR count). The number of hydrogen-bond donors (Lipinski definition) is 0. The van der Waals surface area contributed by atoms with Crippen LogP contribution in [0.5, 0.6) is 0 Å². The minimum atomic E-state index is -4.98. The summed E-state index contributed by atoms with van der Waals surface area (Å²) in [6.07, 6.45) is -3.25. The molecular formula is C31H33BrClF6N7O2. The van der Waals surface area contributed by atoms with Gasteiger partial charge in [-0.15, -0.1) is 0 Å². The van der Waals surface area contributed by atoms with E-state index < -0.39 is 29.5 Å². The SMILES string of the molecule is CCOC(=O)C1CCN(c2ncc(Cl)c(N3CC(N(Cc4cc(C(F)(F)F)cc(C(F)(F)F)c4)c4ncc(Br)cn4)CC3CC)n2)CC1. The van der Waals surface area contributed by atoms with E-state index in [2.05, 4.69) is 30.9 Å². The van der Waals surface area contributed by atoms with Gasteiger partial charge in [0.25, 0.3) is 0 Å². The Bertz CT molecular complexity index is 1560. The first-order valence-electron chi connectivity index (χ1n) is 15.4. The molecule has 0 saturated carbocycles. The van der Waals surface area contributed by atoms with E-state index >= 15 is 0 Å². The molecule has 0 bridgehead atoms. The Morgan fingerprint density at radius 3 is 2.19 bits per heavy atom. The fraction of sp³-hybridized carbons (Fsp3) is 0.516. The summed E-state index contributed by atoms with van der Waals surface area (Å²) in [4.78, 5) is 35.7. The lowest BCUT2D eigenvalue weighted by atomic mass is 9.97. The van der Waals surface area contributed by atoms with Crippen molar-refractivity contribution in [1.82, 2.24) is 19.9 Å². The maximum atomic E-state index is 13.7. The van der Waals surface area contributed by atoms with Gasteiger partial charge in [-0.25, -0.2) is 15.0 Å².